The lowest BCUT2D eigenvalue weighted by Gasteiger charge is -2.18. The number of aromatic nitrogens is 6. The van der Waals surface area contributed by atoms with E-state index >= 15 is 0 Å². The molecule has 34 heavy (non-hydrogen) atoms. The van der Waals surface area contributed by atoms with Crippen molar-refractivity contribution in [1.29, 1.82) is 0 Å². The second kappa shape index (κ2) is 9.46. The minimum atomic E-state index is -0.690. The van der Waals surface area contributed by atoms with Crippen molar-refractivity contribution in [3.05, 3.63) is 59.3 Å². The Morgan fingerprint density at radius 2 is 1.76 bits per heavy atom. The van der Waals surface area contributed by atoms with E-state index < -0.39 is 11.6 Å². The molecule has 1 saturated heterocycles. The molecule has 8 nitrogen and oxygen atoms in total. The largest absolute Gasteiger partial charge is 0.370 e. The van der Waals surface area contributed by atoms with Gasteiger partial charge >= 0.3 is 0 Å². The summed E-state index contributed by atoms with van der Waals surface area (Å²) in [5.41, 5.74) is 2.75. The van der Waals surface area contributed by atoms with Gasteiger partial charge < -0.3 is 9.26 Å². The van der Waals surface area contributed by atoms with Crippen molar-refractivity contribution in [2.45, 2.75) is 58.0 Å². The van der Waals surface area contributed by atoms with Crippen molar-refractivity contribution >= 4 is 11.2 Å². The summed E-state index contributed by atoms with van der Waals surface area (Å²) in [6, 6.07) is 3.34. The molecule has 2 fully saturated rings. The van der Waals surface area contributed by atoms with Crippen LogP contribution in [-0.2, 0) is 4.74 Å². The highest BCUT2D eigenvalue weighted by Crippen LogP contribution is 2.39. The second-order valence-corrected chi connectivity index (χ2v) is 8.53. The SMILES string of the molecule is C1CC[C@H](c2noc(C3CC3)n2)OC1.Cc1nc2ncnc(-c3ccc(F)cc3F)c2nc1C. The van der Waals surface area contributed by atoms with E-state index in [1.165, 1.54) is 37.7 Å². The summed E-state index contributed by atoms with van der Waals surface area (Å²) in [6.45, 7) is 4.46. The zero-order valence-corrected chi connectivity index (χ0v) is 19.0. The molecule has 1 aliphatic carbocycles. The van der Waals surface area contributed by atoms with Gasteiger partial charge in [-0.25, -0.2) is 28.7 Å². The first-order chi connectivity index (χ1) is 16.5. The molecule has 1 aromatic carbocycles. The maximum Gasteiger partial charge on any atom is 0.229 e. The Morgan fingerprint density at radius 1 is 0.941 bits per heavy atom. The van der Waals surface area contributed by atoms with Crippen LogP contribution in [0.25, 0.3) is 22.4 Å². The van der Waals surface area contributed by atoms with Gasteiger partial charge in [-0.05, 0) is 58.1 Å². The van der Waals surface area contributed by atoms with E-state index in [0.717, 1.165) is 48.6 Å². The highest BCUT2D eigenvalue weighted by molar-refractivity contribution is 5.86. The number of ether oxygens (including phenoxy) is 1. The molecule has 0 amide bonds. The number of hydrogen-bond acceptors (Lipinski definition) is 8. The molecule has 1 saturated carbocycles. The summed E-state index contributed by atoms with van der Waals surface area (Å²) in [7, 11) is 0. The van der Waals surface area contributed by atoms with Gasteiger partial charge in [0.25, 0.3) is 0 Å². The number of benzene rings is 1. The van der Waals surface area contributed by atoms with Crippen molar-refractivity contribution in [2.24, 2.45) is 0 Å². The lowest BCUT2D eigenvalue weighted by atomic mass is 10.1. The lowest BCUT2D eigenvalue weighted by Crippen LogP contribution is -2.12. The first kappa shape index (κ1) is 22.4. The Labute approximate surface area is 194 Å². The monoisotopic (exact) mass is 466 g/mol. The average molecular weight is 466 g/mol. The highest BCUT2D eigenvalue weighted by atomic mass is 19.1. The third-order valence-electron chi connectivity index (χ3n) is 5.92. The first-order valence-electron chi connectivity index (χ1n) is 11.4. The summed E-state index contributed by atoms with van der Waals surface area (Å²) in [5.74, 6) is 0.786. The van der Waals surface area contributed by atoms with Crippen molar-refractivity contribution in [2.75, 3.05) is 6.61 Å². The topological polar surface area (TPSA) is 99.7 Å². The fraction of sp³-hybridized carbons (Fsp3) is 0.417. The van der Waals surface area contributed by atoms with Gasteiger partial charge in [-0.1, -0.05) is 5.16 Å². The Bertz CT molecular complexity index is 1320. The zero-order valence-electron chi connectivity index (χ0n) is 19.0. The quantitative estimate of drug-likeness (QED) is 0.408. The van der Waals surface area contributed by atoms with E-state index in [9.17, 15) is 8.78 Å². The standard InChI is InChI=1S/C14H10F2N4.C10H14N2O2/c1-7-8(2)20-14-13(19-7)12(17-6-18-14)10-4-3-9(15)5-11(10)16;1-2-6-13-8(3-1)9-11-10(14-12-9)7-4-5-7/h3-6H,1-2H3;7-8H,1-6H2/t;8-/m.1/s1. The molecule has 4 aromatic rings. The molecule has 6 rings (SSSR count). The van der Waals surface area contributed by atoms with Gasteiger partial charge in [-0.3, -0.25) is 0 Å². The molecule has 0 radical (unpaired) electrons. The Balaban J connectivity index is 0.000000150. The van der Waals surface area contributed by atoms with Crippen LogP contribution in [0.4, 0.5) is 8.78 Å². The fourth-order valence-corrected chi connectivity index (χ4v) is 3.74. The van der Waals surface area contributed by atoms with Gasteiger partial charge in [0.1, 0.15) is 35.3 Å². The Morgan fingerprint density at radius 3 is 2.50 bits per heavy atom. The van der Waals surface area contributed by atoms with Crippen LogP contribution in [-0.4, -0.2) is 36.7 Å². The fourth-order valence-electron chi connectivity index (χ4n) is 3.74. The third-order valence-corrected chi connectivity index (χ3v) is 5.92. The molecule has 0 N–H and O–H groups in total. The minimum Gasteiger partial charge on any atom is -0.370 e. The summed E-state index contributed by atoms with van der Waals surface area (Å²) in [5, 5.41) is 3.99. The van der Waals surface area contributed by atoms with Gasteiger partial charge in [-0.2, -0.15) is 4.98 Å². The first-order valence-corrected chi connectivity index (χ1v) is 11.4. The molecule has 3 aromatic heterocycles. The van der Waals surface area contributed by atoms with Crippen molar-refractivity contribution in [3.63, 3.8) is 0 Å². The Hall–Kier alpha value is -3.40. The number of halogens is 2. The summed E-state index contributed by atoms with van der Waals surface area (Å²) in [6.07, 6.45) is 7.18. The zero-order chi connectivity index (χ0) is 23.7. The van der Waals surface area contributed by atoms with Crippen LogP contribution in [0.15, 0.2) is 29.0 Å². The number of rotatable bonds is 3. The highest BCUT2D eigenvalue weighted by Gasteiger charge is 2.31. The normalized spacial score (nSPS) is 17.9. The van der Waals surface area contributed by atoms with Crippen LogP contribution in [0.2, 0.25) is 0 Å². The molecule has 1 atom stereocenters. The molecule has 2 aliphatic rings. The maximum absolute atomic E-state index is 13.9. The van der Waals surface area contributed by atoms with Crippen LogP contribution >= 0.6 is 0 Å². The average Bonchev–Trinajstić information content (AvgIpc) is 3.57. The number of fused-ring (bicyclic) bond motifs is 1. The number of aryl methyl sites for hydroxylation is 2. The van der Waals surface area contributed by atoms with E-state index in [4.69, 9.17) is 9.26 Å². The van der Waals surface area contributed by atoms with Crippen LogP contribution in [0.1, 0.15) is 67.2 Å². The van der Waals surface area contributed by atoms with Crippen molar-refractivity contribution < 1.29 is 18.0 Å². The van der Waals surface area contributed by atoms with Gasteiger partial charge in [0.2, 0.25) is 11.7 Å². The van der Waals surface area contributed by atoms with Gasteiger partial charge in [-0.15, -0.1) is 0 Å². The van der Waals surface area contributed by atoms with Gasteiger partial charge in [0.15, 0.2) is 5.65 Å². The number of nitrogens with zero attached hydrogens (tertiary/aromatic N) is 6. The van der Waals surface area contributed by atoms with E-state index in [-0.39, 0.29) is 11.7 Å². The van der Waals surface area contributed by atoms with E-state index in [2.05, 4.69) is 30.1 Å². The molecule has 0 bridgehead atoms. The Kier molecular flexibility index (Phi) is 6.23. The molecule has 0 spiro atoms. The van der Waals surface area contributed by atoms with Crippen molar-refractivity contribution in [3.8, 4) is 11.3 Å². The van der Waals surface area contributed by atoms with Gasteiger partial charge in [0, 0.05) is 24.2 Å². The summed E-state index contributed by atoms with van der Waals surface area (Å²) < 4.78 is 37.7. The second-order valence-electron chi connectivity index (χ2n) is 8.53. The van der Waals surface area contributed by atoms with Crippen LogP contribution < -0.4 is 0 Å². The van der Waals surface area contributed by atoms with Crippen LogP contribution in [0.5, 0.6) is 0 Å². The summed E-state index contributed by atoms with van der Waals surface area (Å²) >= 11 is 0. The smallest absolute Gasteiger partial charge is 0.229 e. The molecule has 4 heterocycles. The molecule has 10 heteroatoms. The van der Waals surface area contributed by atoms with E-state index in [1.807, 2.05) is 6.92 Å². The minimum absolute atomic E-state index is 0.0833. The lowest BCUT2D eigenvalue weighted by molar-refractivity contribution is 0.00821. The van der Waals surface area contributed by atoms with Crippen molar-refractivity contribution in [1.82, 2.24) is 30.1 Å². The predicted molar refractivity (Wildman–Crippen MR) is 119 cm³/mol. The molecular weight excluding hydrogens is 442 g/mol. The van der Waals surface area contributed by atoms with Gasteiger partial charge in [0.05, 0.1) is 11.4 Å². The predicted octanol–water partition coefficient (Wildman–Crippen LogP) is 5.17. The molecule has 176 valence electrons. The third kappa shape index (κ3) is 4.77. The van der Waals surface area contributed by atoms with Crippen LogP contribution in [0.3, 0.4) is 0 Å². The molecular formula is C24H24F2N6O2. The molecule has 0 unspecified atom stereocenters. The summed E-state index contributed by atoms with van der Waals surface area (Å²) in [4.78, 5) is 21.2. The maximum atomic E-state index is 13.9. The van der Waals surface area contributed by atoms with E-state index in [0.29, 0.717) is 22.8 Å². The number of hydrogen-bond donors (Lipinski definition) is 0. The molecule has 1 aliphatic heterocycles. The van der Waals surface area contributed by atoms with Crippen LogP contribution in [0, 0.1) is 25.5 Å². The van der Waals surface area contributed by atoms with E-state index in [1.54, 1.807) is 6.92 Å².